The Hall–Kier alpha value is -2.50. The van der Waals surface area contributed by atoms with Crippen LogP contribution in [-0.2, 0) is 17.6 Å². The number of benzene rings is 2. The van der Waals surface area contributed by atoms with E-state index in [9.17, 15) is 9.90 Å². The first-order valence-corrected chi connectivity index (χ1v) is 11.0. The van der Waals surface area contributed by atoms with Crippen LogP contribution in [-0.4, -0.2) is 22.7 Å². The second-order valence-corrected chi connectivity index (χ2v) is 8.70. The quantitative estimate of drug-likeness (QED) is 0.446. The highest BCUT2D eigenvalue weighted by atomic mass is 35.5. The third-order valence-corrected chi connectivity index (χ3v) is 6.64. The molecule has 0 amide bonds. The van der Waals surface area contributed by atoms with Crippen LogP contribution in [0.25, 0.3) is 11.5 Å². The van der Waals surface area contributed by atoms with E-state index in [0.29, 0.717) is 29.0 Å². The molecule has 0 saturated heterocycles. The standard InChI is InChI=1S/C24H23Cl2NO4/c1-13(24(28)29)18-6-3-15-11-17(5-7-19(15)18)30-10-9-22-14(2)31-23(27-22)16-4-8-20(25)21(26)12-16/h4-5,7-8,11-13,18H,3,6,9-10H2,1-2H3,(H,28,29). The number of aryl methyl sites for hydroxylation is 2. The third kappa shape index (κ3) is 4.58. The van der Waals surface area contributed by atoms with Gasteiger partial charge in [-0.2, -0.15) is 0 Å². The Morgan fingerprint density at radius 1 is 1.26 bits per heavy atom. The number of ether oxygens (including phenoxy) is 1. The molecule has 2 atom stereocenters. The van der Waals surface area contributed by atoms with Crippen LogP contribution in [0.15, 0.2) is 40.8 Å². The van der Waals surface area contributed by atoms with Crippen molar-refractivity contribution in [2.45, 2.75) is 39.0 Å². The Morgan fingerprint density at radius 3 is 2.81 bits per heavy atom. The van der Waals surface area contributed by atoms with Crippen molar-refractivity contribution in [2.24, 2.45) is 5.92 Å². The van der Waals surface area contributed by atoms with Crippen LogP contribution in [0.3, 0.4) is 0 Å². The van der Waals surface area contributed by atoms with Crippen molar-refractivity contribution in [3.63, 3.8) is 0 Å². The SMILES string of the molecule is Cc1oc(-c2ccc(Cl)c(Cl)c2)nc1CCOc1ccc2c(c1)CCC2C(C)C(=O)O. The van der Waals surface area contributed by atoms with Gasteiger partial charge in [-0.1, -0.05) is 36.2 Å². The Balaban J connectivity index is 1.40. The number of halogens is 2. The number of nitrogens with zero attached hydrogens (tertiary/aromatic N) is 1. The number of fused-ring (bicyclic) bond motifs is 1. The van der Waals surface area contributed by atoms with Gasteiger partial charge in [-0.25, -0.2) is 4.98 Å². The summed E-state index contributed by atoms with van der Waals surface area (Å²) in [5.41, 5.74) is 3.90. The summed E-state index contributed by atoms with van der Waals surface area (Å²) >= 11 is 12.1. The highest BCUT2D eigenvalue weighted by molar-refractivity contribution is 6.42. The number of hydrogen-bond acceptors (Lipinski definition) is 4. The molecule has 31 heavy (non-hydrogen) atoms. The molecule has 0 fully saturated rings. The summed E-state index contributed by atoms with van der Waals surface area (Å²) in [6.07, 6.45) is 2.35. The lowest BCUT2D eigenvalue weighted by Gasteiger charge is -2.16. The number of hydrogen-bond donors (Lipinski definition) is 1. The van der Waals surface area contributed by atoms with Crippen LogP contribution < -0.4 is 4.74 Å². The van der Waals surface area contributed by atoms with Crippen LogP contribution in [0, 0.1) is 12.8 Å². The highest BCUT2D eigenvalue weighted by Gasteiger charge is 2.31. The molecule has 7 heteroatoms. The van der Waals surface area contributed by atoms with E-state index in [1.165, 1.54) is 5.56 Å². The number of carboxylic acids is 1. The molecule has 1 N–H and O–H groups in total. The lowest BCUT2D eigenvalue weighted by Crippen LogP contribution is -2.17. The number of carbonyl (C=O) groups is 1. The highest BCUT2D eigenvalue weighted by Crippen LogP contribution is 2.40. The van der Waals surface area contributed by atoms with Gasteiger partial charge in [0, 0.05) is 12.0 Å². The molecule has 2 aromatic carbocycles. The monoisotopic (exact) mass is 459 g/mol. The maximum atomic E-state index is 11.3. The molecule has 0 bridgehead atoms. The van der Waals surface area contributed by atoms with Gasteiger partial charge in [-0.05, 0) is 67.1 Å². The summed E-state index contributed by atoms with van der Waals surface area (Å²) in [5, 5.41) is 10.3. The lowest BCUT2D eigenvalue weighted by molar-refractivity contribution is -0.141. The zero-order valence-corrected chi connectivity index (χ0v) is 18.8. The maximum absolute atomic E-state index is 11.3. The van der Waals surface area contributed by atoms with Crippen LogP contribution in [0.1, 0.15) is 41.8 Å². The first-order chi connectivity index (χ1) is 14.8. The van der Waals surface area contributed by atoms with Gasteiger partial charge in [0.2, 0.25) is 5.89 Å². The van der Waals surface area contributed by atoms with E-state index < -0.39 is 5.97 Å². The van der Waals surface area contributed by atoms with Gasteiger partial charge < -0.3 is 14.3 Å². The lowest BCUT2D eigenvalue weighted by atomic mass is 9.89. The van der Waals surface area contributed by atoms with Gasteiger partial charge in [-0.3, -0.25) is 4.79 Å². The van der Waals surface area contributed by atoms with E-state index in [1.807, 2.05) is 31.2 Å². The largest absolute Gasteiger partial charge is 0.493 e. The molecule has 0 radical (unpaired) electrons. The number of rotatable bonds is 7. The molecule has 1 aliphatic carbocycles. The molecule has 0 spiro atoms. The molecular weight excluding hydrogens is 437 g/mol. The van der Waals surface area contributed by atoms with Crippen molar-refractivity contribution < 1.29 is 19.1 Å². The summed E-state index contributed by atoms with van der Waals surface area (Å²) in [5.74, 6) is 0.966. The van der Waals surface area contributed by atoms with Crippen molar-refractivity contribution >= 4 is 29.2 Å². The number of carboxylic acid groups (broad SMARTS) is 1. The number of aliphatic carboxylic acids is 1. The Kier molecular flexibility index (Phi) is 6.26. The minimum absolute atomic E-state index is 0.0686. The fraction of sp³-hybridized carbons (Fsp3) is 0.333. The third-order valence-electron chi connectivity index (χ3n) is 5.90. The van der Waals surface area contributed by atoms with Gasteiger partial charge >= 0.3 is 5.97 Å². The minimum atomic E-state index is -0.749. The first-order valence-electron chi connectivity index (χ1n) is 10.2. The molecule has 4 rings (SSSR count). The molecule has 5 nitrogen and oxygen atoms in total. The first kappa shape index (κ1) is 21.7. The topological polar surface area (TPSA) is 72.6 Å². The number of oxazole rings is 1. The molecule has 1 heterocycles. The van der Waals surface area contributed by atoms with Gasteiger partial charge in [-0.15, -0.1) is 0 Å². The van der Waals surface area contributed by atoms with Crippen LogP contribution in [0.5, 0.6) is 5.75 Å². The fourth-order valence-electron chi connectivity index (χ4n) is 4.09. The molecule has 0 saturated carbocycles. The molecule has 162 valence electrons. The Morgan fingerprint density at radius 2 is 2.06 bits per heavy atom. The van der Waals surface area contributed by atoms with E-state index in [1.54, 1.807) is 19.1 Å². The van der Waals surface area contributed by atoms with Gasteiger partial charge in [0.05, 0.1) is 28.3 Å². The van der Waals surface area contributed by atoms with E-state index in [2.05, 4.69) is 4.98 Å². The molecule has 1 aromatic heterocycles. The minimum Gasteiger partial charge on any atom is -0.493 e. The summed E-state index contributed by atoms with van der Waals surface area (Å²) in [6.45, 7) is 4.11. The molecule has 3 aromatic rings. The molecular formula is C24H23Cl2NO4. The molecule has 1 aliphatic rings. The van der Waals surface area contributed by atoms with Crippen molar-refractivity contribution in [1.82, 2.24) is 4.98 Å². The summed E-state index contributed by atoms with van der Waals surface area (Å²) in [7, 11) is 0. The normalized spacial score (nSPS) is 16.2. The predicted molar refractivity (Wildman–Crippen MR) is 120 cm³/mol. The Labute approximate surface area is 191 Å². The maximum Gasteiger partial charge on any atom is 0.306 e. The van der Waals surface area contributed by atoms with Crippen molar-refractivity contribution in [1.29, 1.82) is 0 Å². The van der Waals surface area contributed by atoms with Crippen LogP contribution in [0.4, 0.5) is 0 Å². The van der Waals surface area contributed by atoms with Crippen molar-refractivity contribution in [3.8, 4) is 17.2 Å². The second-order valence-electron chi connectivity index (χ2n) is 7.88. The predicted octanol–water partition coefficient (Wildman–Crippen LogP) is 6.33. The zero-order chi connectivity index (χ0) is 22.1. The molecule has 0 aliphatic heterocycles. The fourth-order valence-corrected chi connectivity index (χ4v) is 4.38. The smallest absolute Gasteiger partial charge is 0.306 e. The van der Waals surface area contributed by atoms with Gasteiger partial charge in [0.15, 0.2) is 0 Å². The van der Waals surface area contributed by atoms with Gasteiger partial charge in [0.1, 0.15) is 11.5 Å². The summed E-state index contributed by atoms with van der Waals surface area (Å²) in [4.78, 5) is 15.9. The Bertz CT molecular complexity index is 1120. The van der Waals surface area contributed by atoms with Crippen LogP contribution in [0.2, 0.25) is 10.0 Å². The number of aromatic nitrogens is 1. The van der Waals surface area contributed by atoms with E-state index in [-0.39, 0.29) is 11.8 Å². The molecule has 2 unspecified atom stereocenters. The average Bonchev–Trinajstić information content (AvgIpc) is 3.32. The van der Waals surface area contributed by atoms with E-state index >= 15 is 0 Å². The zero-order valence-electron chi connectivity index (χ0n) is 17.3. The summed E-state index contributed by atoms with van der Waals surface area (Å²) in [6, 6.07) is 11.2. The van der Waals surface area contributed by atoms with Crippen molar-refractivity contribution in [3.05, 3.63) is 69.0 Å². The van der Waals surface area contributed by atoms with Gasteiger partial charge in [0.25, 0.3) is 0 Å². The second kappa shape index (κ2) is 8.93. The average molecular weight is 460 g/mol. The summed E-state index contributed by atoms with van der Waals surface area (Å²) < 4.78 is 11.7. The van der Waals surface area contributed by atoms with Crippen molar-refractivity contribution in [2.75, 3.05) is 6.61 Å². The van der Waals surface area contributed by atoms with E-state index in [0.717, 1.165) is 41.2 Å². The van der Waals surface area contributed by atoms with Crippen LogP contribution >= 0.6 is 23.2 Å². The van der Waals surface area contributed by atoms with E-state index in [4.69, 9.17) is 32.4 Å².